The Balaban J connectivity index is 2.95. The molecule has 0 bridgehead atoms. The maximum atomic E-state index is 13.5. The zero-order valence-corrected chi connectivity index (χ0v) is 11.3. The number of hydrogen-bond acceptors (Lipinski definition) is 2. The van der Waals surface area contributed by atoms with Crippen LogP contribution < -0.4 is 5.32 Å². The van der Waals surface area contributed by atoms with E-state index in [1.54, 1.807) is 0 Å². The number of aliphatic hydroxyl groups is 1. The summed E-state index contributed by atoms with van der Waals surface area (Å²) in [7, 11) is 0. The number of benzene rings is 1. The van der Waals surface area contributed by atoms with Crippen molar-refractivity contribution in [3.8, 4) is 0 Å². The van der Waals surface area contributed by atoms with E-state index in [1.165, 1.54) is 6.07 Å². The van der Waals surface area contributed by atoms with Crippen LogP contribution in [0.25, 0.3) is 0 Å². The summed E-state index contributed by atoms with van der Waals surface area (Å²) in [6.07, 6.45) is 0.325. The lowest BCUT2D eigenvalue weighted by Gasteiger charge is -2.31. The molecule has 0 saturated heterocycles. The van der Waals surface area contributed by atoms with Crippen LogP contribution in [0.1, 0.15) is 37.6 Å². The first-order valence-corrected chi connectivity index (χ1v) is 6.13. The van der Waals surface area contributed by atoms with Crippen LogP contribution in [-0.2, 0) is 0 Å². The van der Waals surface area contributed by atoms with Crippen molar-refractivity contribution in [3.05, 3.63) is 35.4 Å². The SMILES string of the molecule is CC(C)(C)C(CCO)NC(=O)c1c(F)cccc1F. The van der Waals surface area contributed by atoms with Crippen LogP contribution in [-0.4, -0.2) is 23.7 Å². The standard InChI is InChI=1S/C14H19F2NO2/c1-14(2,3)11(7-8-18)17-13(19)12-9(15)5-4-6-10(12)16/h4-6,11,18H,7-8H2,1-3H3,(H,17,19). The van der Waals surface area contributed by atoms with Crippen molar-refractivity contribution in [1.29, 1.82) is 0 Å². The van der Waals surface area contributed by atoms with E-state index in [1.807, 2.05) is 20.8 Å². The second kappa shape index (κ2) is 6.10. The lowest BCUT2D eigenvalue weighted by molar-refractivity contribution is 0.0876. The number of nitrogens with one attached hydrogen (secondary N) is 1. The number of amides is 1. The number of hydrogen-bond donors (Lipinski definition) is 2. The molecule has 2 N–H and O–H groups in total. The average Bonchev–Trinajstić information content (AvgIpc) is 2.27. The van der Waals surface area contributed by atoms with Gasteiger partial charge < -0.3 is 10.4 Å². The molecule has 0 radical (unpaired) electrons. The zero-order valence-electron chi connectivity index (χ0n) is 11.3. The van der Waals surface area contributed by atoms with Gasteiger partial charge in [0.1, 0.15) is 17.2 Å². The topological polar surface area (TPSA) is 49.3 Å². The third-order valence-corrected chi connectivity index (χ3v) is 2.96. The number of carbonyl (C=O) groups excluding carboxylic acids is 1. The Morgan fingerprint density at radius 3 is 2.26 bits per heavy atom. The predicted octanol–water partition coefficient (Wildman–Crippen LogP) is 2.49. The molecule has 0 aromatic heterocycles. The van der Waals surface area contributed by atoms with E-state index in [2.05, 4.69) is 5.32 Å². The molecule has 0 aliphatic heterocycles. The Kier molecular flexibility index (Phi) is 5.00. The summed E-state index contributed by atoms with van der Waals surface area (Å²) in [5.41, 5.74) is -0.908. The molecular formula is C14H19F2NO2. The van der Waals surface area contributed by atoms with E-state index in [0.717, 1.165) is 12.1 Å². The highest BCUT2D eigenvalue weighted by atomic mass is 19.1. The molecule has 0 fully saturated rings. The monoisotopic (exact) mass is 271 g/mol. The molecule has 1 atom stereocenters. The minimum atomic E-state index is -0.894. The molecule has 0 saturated carbocycles. The summed E-state index contributed by atoms with van der Waals surface area (Å²) >= 11 is 0. The highest BCUT2D eigenvalue weighted by Crippen LogP contribution is 2.22. The van der Waals surface area contributed by atoms with Gasteiger partial charge in [0.15, 0.2) is 0 Å². The van der Waals surface area contributed by atoms with Gasteiger partial charge in [-0.15, -0.1) is 0 Å². The highest BCUT2D eigenvalue weighted by molar-refractivity contribution is 5.95. The average molecular weight is 271 g/mol. The summed E-state index contributed by atoms with van der Waals surface area (Å²) in [5.74, 6) is -2.59. The Morgan fingerprint density at radius 2 is 1.84 bits per heavy atom. The molecule has 0 aliphatic rings. The fourth-order valence-electron chi connectivity index (χ4n) is 1.80. The van der Waals surface area contributed by atoms with E-state index in [0.29, 0.717) is 6.42 Å². The Labute approximate surface area is 111 Å². The van der Waals surface area contributed by atoms with Gasteiger partial charge in [-0.25, -0.2) is 8.78 Å². The summed E-state index contributed by atoms with van der Waals surface area (Å²) in [6.45, 7) is 5.53. The molecule has 5 heteroatoms. The third-order valence-electron chi connectivity index (χ3n) is 2.96. The minimum absolute atomic E-state index is 0.109. The van der Waals surface area contributed by atoms with Gasteiger partial charge in [-0.1, -0.05) is 26.8 Å². The van der Waals surface area contributed by atoms with Crippen molar-refractivity contribution < 1.29 is 18.7 Å². The predicted molar refractivity (Wildman–Crippen MR) is 68.8 cm³/mol. The van der Waals surface area contributed by atoms with Crippen molar-refractivity contribution in [2.24, 2.45) is 5.41 Å². The first-order valence-electron chi connectivity index (χ1n) is 6.13. The molecular weight excluding hydrogens is 252 g/mol. The summed E-state index contributed by atoms with van der Waals surface area (Å²) < 4.78 is 27.0. The Bertz CT molecular complexity index is 435. The van der Waals surface area contributed by atoms with E-state index in [-0.39, 0.29) is 18.1 Å². The summed E-state index contributed by atoms with van der Waals surface area (Å²) in [5, 5.41) is 11.6. The fourth-order valence-corrected chi connectivity index (χ4v) is 1.80. The van der Waals surface area contributed by atoms with Crippen LogP contribution in [0.2, 0.25) is 0 Å². The first-order chi connectivity index (χ1) is 8.77. The summed E-state index contributed by atoms with van der Waals surface area (Å²) in [4.78, 5) is 11.9. The van der Waals surface area contributed by atoms with Gasteiger partial charge in [-0.3, -0.25) is 4.79 Å². The number of carbonyl (C=O) groups is 1. The maximum absolute atomic E-state index is 13.5. The highest BCUT2D eigenvalue weighted by Gasteiger charge is 2.28. The van der Waals surface area contributed by atoms with Gasteiger partial charge in [0.25, 0.3) is 5.91 Å². The van der Waals surface area contributed by atoms with Crippen LogP contribution in [0, 0.1) is 17.0 Å². The molecule has 106 valence electrons. The smallest absolute Gasteiger partial charge is 0.257 e. The molecule has 0 spiro atoms. The maximum Gasteiger partial charge on any atom is 0.257 e. The lowest BCUT2D eigenvalue weighted by atomic mass is 9.84. The van der Waals surface area contributed by atoms with Gasteiger partial charge >= 0.3 is 0 Å². The molecule has 1 rings (SSSR count). The largest absolute Gasteiger partial charge is 0.396 e. The molecule has 1 amide bonds. The van der Waals surface area contributed by atoms with Crippen LogP contribution in [0.15, 0.2) is 18.2 Å². The zero-order chi connectivity index (χ0) is 14.6. The molecule has 3 nitrogen and oxygen atoms in total. The van der Waals surface area contributed by atoms with Crippen LogP contribution in [0.3, 0.4) is 0 Å². The Hall–Kier alpha value is -1.49. The second-order valence-corrected chi connectivity index (χ2v) is 5.50. The number of halogens is 2. The van der Waals surface area contributed by atoms with Gasteiger partial charge in [0.2, 0.25) is 0 Å². The molecule has 1 aromatic carbocycles. The van der Waals surface area contributed by atoms with Gasteiger partial charge in [0.05, 0.1) is 0 Å². The quantitative estimate of drug-likeness (QED) is 0.884. The number of rotatable bonds is 4. The van der Waals surface area contributed by atoms with Crippen LogP contribution >= 0.6 is 0 Å². The van der Waals surface area contributed by atoms with Gasteiger partial charge in [-0.2, -0.15) is 0 Å². The van der Waals surface area contributed by atoms with Crippen LogP contribution in [0.4, 0.5) is 8.78 Å². The molecule has 0 aliphatic carbocycles. The second-order valence-electron chi connectivity index (χ2n) is 5.50. The fraction of sp³-hybridized carbons (Fsp3) is 0.500. The van der Waals surface area contributed by atoms with E-state index in [4.69, 9.17) is 5.11 Å². The van der Waals surface area contributed by atoms with Crippen molar-refractivity contribution in [1.82, 2.24) is 5.32 Å². The molecule has 1 aromatic rings. The van der Waals surface area contributed by atoms with Gasteiger partial charge in [0, 0.05) is 12.6 Å². The van der Waals surface area contributed by atoms with Crippen molar-refractivity contribution in [2.75, 3.05) is 6.61 Å². The molecule has 1 unspecified atom stereocenters. The first kappa shape index (κ1) is 15.6. The van der Waals surface area contributed by atoms with E-state index >= 15 is 0 Å². The Morgan fingerprint density at radius 1 is 1.32 bits per heavy atom. The van der Waals surface area contributed by atoms with Crippen LogP contribution in [0.5, 0.6) is 0 Å². The van der Waals surface area contributed by atoms with Crippen molar-refractivity contribution >= 4 is 5.91 Å². The number of aliphatic hydroxyl groups excluding tert-OH is 1. The lowest BCUT2D eigenvalue weighted by Crippen LogP contribution is -2.44. The van der Waals surface area contributed by atoms with Crippen molar-refractivity contribution in [3.63, 3.8) is 0 Å². The summed E-state index contributed by atoms with van der Waals surface area (Å²) in [6, 6.07) is 2.91. The normalized spacial score (nSPS) is 13.2. The van der Waals surface area contributed by atoms with E-state index < -0.39 is 23.1 Å². The van der Waals surface area contributed by atoms with Crippen molar-refractivity contribution in [2.45, 2.75) is 33.2 Å². The van der Waals surface area contributed by atoms with E-state index in [9.17, 15) is 13.6 Å². The molecule has 0 heterocycles. The third kappa shape index (κ3) is 3.99. The van der Waals surface area contributed by atoms with Gasteiger partial charge in [-0.05, 0) is 24.0 Å². The minimum Gasteiger partial charge on any atom is -0.396 e. The molecule has 19 heavy (non-hydrogen) atoms.